The third-order valence-electron chi connectivity index (χ3n) is 3.66. The van der Waals surface area contributed by atoms with Crippen molar-refractivity contribution in [2.24, 2.45) is 0 Å². The summed E-state index contributed by atoms with van der Waals surface area (Å²) in [5, 5.41) is 0. The van der Waals surface area contributed by atoms with Crippen LogP contribution in [-0.4, -0.2) is 5.97 Å². The Morgan fingerprint density at radius 2 is 2.24 bits per heavy atom. The zero-order valence-corrected chi connectivity index (χ0v) is 10.0. The van der Waals surface area contributed by atoms with Crippen molar-refractivity contribution < 1.29 is 9.53 Å². The number of hydrogen-bond donors (Lipinski definition) is 0. The lowest BCUT2D eigenvalue weighted by Gasteiger charge is -2.33. The molecule has 2 aliphatic rings. The standard InChI is InChI=1S/C15H16O2/c1-10(16)17-11-7-8-14-12-5-3-2-4-6-13(12)15(14)9-11/h5,7-9,13H,2-4,6H2,1H3/t13-/m1/s1. The van der Waals surface area contributed by atoms with Crippen molar-refractivity contribution in [3.8, 4) is 5.75 Å². The van der Waals surface area contributed by atoms with Gasteiger partial charge in [-0.15, -0.1) is 0 Å². The molecule has 3 rings (SSSR count). The molecular weight excluding hydrogens is 212 g/mol. The number of fused-ring (bicyclic) bond motifs is 4. The van der Waals surface area contributed by atoms with E-state index in [-0.39, 0.29) is 5.97 Å². The summed E-state index contributed by atoms with van der Waals surface area (Å²) in [5.74, 6) is 1.02. The molecule has 0 heterocycles. The molecule has 1 aromatic carbocycles. The Morgan fingerprint density at radius 1 is 1.35 bits per heavy atom. The van der Waals surface area contributed by atoms with Gasteiger partial charge < -0.3 is 4.74 Å². The van der Waals surface area contributed by atoms with Crippen molar-refractivity contribution >= 4 is 11.5 Å². The normalized spacial score (nSPS) is 21.5. The number of benzene rings is 1. The Kier molecular flexibility index (Phi) is 2.50. The van der Waals surface area contributed by atoms with Crippen LogP contribution < -0.4 is 4.74 Å². The number of esters is 1. The minimum absolute atomic E-state index is 0.249. The Balaban J connectivity index is 1.93. The number of carbonyl (C=O) groups is 1. The van der Waals surface area contributed by atoms with E-state index in [0.717, 1.165) is 0 Å². The lowest BCUT2D eigenvalue weighted by Crippen LogP contribution is -2.15. The maximum Gasteiger partial charge on any atom is 0.308 e. The van der Waals surface area contributed by atoms with Crippen molar-refractivity contribution in [1.29, 1.82) is 0 Å². The highest BCUT2D eigenvalue weighted by Gasteiger charge is 2.32. The summed E-state index contributed by atoms with van der Waals surface area (Å²) in [7, 11) is 0. The van der Waals surface area contributed by atoms with Crippen LogP contribution in [0.1, 0.15) is 49.7 Å². The molecular formula is C15H16O2. The molecule has 0 fully saturated rings. The van der Waals surface area contributed by atoms with Crippen molar-refractivity contribution in [2.45, 2.75) is 38.5 Å². The second kappa shape index (κ2) is 4.02. The maximum absolute atomic E-state index is 10.9. The van der Waals surface area contributed by atoms with Gasteiger partial charge in [0, 0.05) is 12.8 Å². The topological polar surface area (TPSA) is 26.3 Å². The van der Waals surface area contributed by atoms with Gasteiger partial charge in [-0.2, -0.15) is 0 Å². The summed E-state index contributed by atoms with van der Waals surface area (Å²) in [6.45, 7) is 1.44. The Labute approximate surface area is 101 Å². The van der Waals surface area contributed by atoms with Crippen LogP contribution in [0, 0.1) is 0 Å². The fourth-order valence-electron chi connectivity index (χ4n) is 2.91. The van der Waals surface area contributed by atoms with E-state index >= 15 is 0 Å². The van der Waals surface area contributed by atoms with Crippen LogP contribution in [0.15, 0.2) is 24.3 Å². The average molecular weight is 228 g/mol. The fraction of sp³-hybridized carbons (Fsp3) is 0.400. The predicted molar refractivity (Wildman–Crippen MR) is 66.9 cm³/mol. The largest absolute Gasteiger partial charge is 0.427 e. The van der Waals surface area contributed by atoms with E-state index in [1.165, 1.54) is 49.3 Å². The van der Waals surface area contributed by atoms with Gasteiger partial charge in [0.1, 0.15) is 5.75 Å². The summed E-state index contributed by atoms with van der Waals surface area (Å²) in [6.07, 6.45) is 7.41. The van der Waals surface area contributed by atoms with Gasteiger partial charge in [0.25, 0.3) is 0 Å². The number of allylic oxidation sites excluding steroid dienone is 2. The van der Waals surface area contributed by atoms with Gasteiger partial charge in [0.15, 0.2) is 0 Å². The predicted octanol–water partition coefficient (Wildman–Crippen LogP) is 3.67. The van der Waals surface area contributed by atoms with Crippen LogP contribution >= 0.6 is 0 Å². The smallest absolute Gasteiger partial charge is 0.308 e. The van der Waals surface area contributed by atoms with Crippen molar-refractivity contribution in [1.82, 2.24) is 0 Å². The van der Waals surface area contributed by atoms with E-state index in [0.29, 0.717) is 11.7 Å². The van der Waals surface area contributed by atoms with Crippen LogP contribution in [0.4, 0.5) is 0 Å². The third-order valence-corrected chi connectivity index (χ3v) is 3.66. The molecule has 0 saturated carbocycles. The summed E-state index contributed by atoms with van der Waals surface area (Å²) in [6, 6.07) is 6.01. The SMILES string of the molecule is CC(=O)Oc1ccc2c(c1)[C@@H]1CCCCC=C21. The number of rotatable bonds is 1. The number of ether oxygens (including phenoxy) is 1. The fourth-order valence-corrected chi connectivity index (χ4v) is 2.91. The third kappa shape index (κ3) is 1.78. The number of hydrogen-bond acceptors (Lipinski definition) is 2. The van der Waals surface area contributed by atoms with Crippen LogP contribution in [0.25, 0.3) is 5.57 Å². The van der Waals surface area contributed by atoms with Gasteiger partial charge in [-0.25, -0.2) is 0 Å². The van der Waals surface area contributed by atoms with Gasteiger partial charge in [0.2, 0.25) is 0 Å². The molecule has 0 aromatic heterocycles. The molecule has 1 aromatic rings. The Bertz CT molecular complexity index is 500. The van der Waals surface area contributed by atoms with Gasteiger partial charge in [-0.1, -0.05) is 18.6 Å². The van der Waals surface area contributed by atoms with Crippen molar-refractivity contribution in [3.05, 3.63) is 35.4 Å². The van der Waals surface area contributed by atoms with E-state index in [2.05, 4.69) is 12.1 Å². The molecule has 88 valence electrons. The maximum atomic E-state index is 10.9. The van der Waals surface area contributed by atoms with Crippen LogP contribution in [-0.2, 0) is 4.79 Å². The lowest BCUT2D eigenvalue weighted by molar-refractivity contribution is -0.131. The summed E-state index contributed by atoms with van der Waals surface area (Å²) >= 11 is 0. The van der Waals surface area contributed by atoms with Crippen molar-refractivity contribution in [2.75, 3.05) is 0 Å². The highest BCUT2D eigenvalue weighted by Crippen LogP contribution is 2.51. The first kappa shape index (κ1) is 10.6. The molecule has 0 aliphatic heterocycles. The summed E-state index contributed by atoms with van der Waals surface area (Å²) in [4.78, 5) is 10.9. The molecule has 2 aliphatic carbocycles. The summed E-state index contributed by atoms with van der Waals surface area (Å²) < 4.78 is 5.14. The van der Waals surface area contributed by atoms with E-state index in [9.17, 15) is 4.79 Å². The first-order valence-corrected chi connectivity index (χ1v) is 6.28. The van der Waals surface area contributed by atoms with Crippen LogP contribution in [0.3, 0.4) is 0 Å². The molecule has 2 nitrogen and oxygen atoms in total. The van der Waals surface area contributed by atoms with E-state index in [1.54, 1.807) is 0 Å². The van der Waals surface area contributed by atoms with Gasteiger partial charge in [-0.05, 0) is 48.1 Å². The first-order valence-electron chi connectivity index (χ1n) is 6.28. The Morgan fingerprint density at radius 3 is 3.06 bits per heavy atom. The van der Waals surface area contributed by atoms with Crippen LogP contribution in [0.2, 0.25) is 0 Å². The quantitative estimate of drug-likeness (QED) is 0.541. The minimum atomic E-state index is -0.249. The molecule has 0 spiro atoms. The van der Waals surface area contributed by atoms with E-state index < -0.39 is 0 Å². The first-order chi connectivity index (χ1) is 8.25. The van der Waals surface area contributed by atoms with E-state index in [4.69, 9.17) is 4.74 Å². The average Bonchev–Trinajstić information content (AvgIpc) is 2.48. The second-order valence-electron chi connectivity index (χ2n) is 4.84. The van der Waals surface area contributed by atoms with E-state index in [1.807, 2.05) is 12.1 Å². The Hall–Kier alpha value is -1.57. The molecule has 0 N–H and O–H groups in total. The zero-order chi connectivity index (χ0) is 11.8. The second-order valence-corrected chi connectivity index (χ2v) is 4.84. The van der Waals surface area contributed by atoms with Crippen LogP contribution in [0.5, 0.6) is 5.75 Å². The van der Waals surface area contributed by atoms with Crippen molar-refractivity contribution in [3.63, 3.8) is 0 Å². The summed E-state index contributed by atoms with van der Waals surface area (Å²) in [5.41, 5.74) is 4.22. The molecule has 0 radical (unpaired) electrons. The van der Waals surface area contributed by atoms with Gasteiger partial charge in [-0.3, -0.25) is 4.79 Å². The van der Waals surface area contributed by atoms with Gasteiger partial charge >= 0.3 is 5.97 Å². The molecule has 0 unspecified atom stereocenters. The van der Waals surface area contributed by atoms with Gasteiger partial charge in [0.05, 0.1) is 0 Å². The molecule has 0 saturated heterocycles. The molecule has 0 amide bonds. The number of carbonyl (C=O) groups excluding carboxylic acids is 1. The molecule has 0 bridgehead atoms. The minimum Gasteiger partial charge on any atom is -0.427 e. The zero-order valence-electron chi connectivity index (χ0n) is 10.0. The highest BCUT2D eigenvalue weighted by atomic mass is 16.5. The lowest BCUT2D eigenvalue weighted by atomic mass is 9.71. The molecule has 17 heavy (non-hydrogen) atoms. The highest BCUT2D eigenvalue weighted by molar-refractivity contribution is 5.85. The monoisotopic (exact) mass is 228 g/mol. The molecule has 1 atom stereocenters. The molecule has 2 heteroatoms.